The van der Waals surface area contributed by atoms with Crippen LogP contribution in [-0.2, 0) is 9.59 Å². The first-order valence-electron chi connectivity index (χ1n) is 13.3. The molecule has 7 nitrogen and oxygen atoms in total. The van der Waals surface area contributed by atoms with Crippen LogP contribution in [0.5, 0.6) is 5.75 Å². The molecule has 37 heavy (non-hydrogen) atoms. The molecule has 0 bridgehead atoms. The fraction of sp³-hybridized carbons (Fsp3) is 0.483. The van der Waals surface area contributed by atoms with Gasteiger partial charge in [-0.1, -0.05) is 50.3 Å². The second-order valence-corrected chi connectivity index (χ2v) is 10.3. The number of anilines is 1. The van der Waals surface area contributed by atoms with Crippen molar-refractivity contribution in [3.8, 4) is 5.75 Å². The van der Waals surface area contributed by atoms with E-state index < -0.39 is 0 Å². The lowest BCUT2D eigenvalue weighted by Crippen LogP contribution is -2.48. The SMILES string of the molecule is CCCCOc1ccc(C(=O)N(CC(=O)N2CC(=O)N(c3cccc(Cl)c3C)C2)C2CCCCC2)cc1. The fourth-order valence-electron chi connectivity index (χ4n) is 5.01. The number of amides is 3. The van der Waals surface area contributed by atoms with Crippen molar-refractivity contribution in [3.63, 3.8) is 0 Å². The number of carbonyl (C=O) groups excluding carboxylic acids is 3. The Labute approximate surface area is 224 Å². The van der Waals surface area contributed by atoms with E-state index in [4.69, 9.17) is 16.3 Å². The molecule has 1 saturated carbocycles. The molecule has 3 amide bonds. The normalized spacial score (nSPS) is 16.2. The number of hydrogen-bond acceptors (Lipinski definition) is 4. The van der Waals surface area contributed by atoms with Gasteiger partial charge in [-0.15, -0.1) is 0 Å². The predicted molar refractivity (Wildman–Crippen MR) is 145 cm³/mol. The molecular weight excluding hydrogens is 490 g/mol. The van der Waals surface area contributed by atoms with E-state index in [2.05, 4.69) is 6.92 Å². The third-order valence-electron chi connectivity index (χ3n) is 7.27. The van der Waals surface area contributed by atoms with Crippen LogP contribution in [0.4, 0.5) is 5.69 Å². The zero-order chi connectivity index (χ0) is 26.4. The lowest BCUT2D eigenvalue weighted by molar-refractivity contribution is -0.132. The highest BCUT2D eigenvalue weighted by Gasteiger charge is 2.35. The van der Waals surface area contributed by atoms with Crippen molar-refractivity contribution in [2.45, 2.75) is 64.8 Å². The Morgan fingerprint density at radius 2 is 1.81 bits per heavy atom. The van der Waals surface area contributed by atoms with Crippen LogP contribution in [0.1, 0.15) is 67.8 Å². The van der Waals surface area contributed by atoms with Crippen LogP contribution in [0.25, 0.3) is 0 Å². The Morgan fingerprint density at radius 1 is 1.08 bits per heavy atom. The average molecular weight is 526 g/mol. The van der Waals surface area contributed by atoms with Crippen molar-refractivity contribution in [2.24, 2.45) is 0 Å². The van der Waals surface area contributed by atoms with Gasteiger partial charge in [0.15, 0.2) is 0 Å². The van der Waals surface area contributed by atoms with Crippen molar-refractivity contribution in [1.82, 2.24) is 9.80 Å². The summed E-state index contributed by atoms with van der Waals surface area (Å²) in [6.07, 6.45) is 7.01. The van der Waals surface area contributed by atoms with Gasteiger partial charge in [0.1, 0.15) is 25.5 Å². The highest BCUT2D eigenvalue weighted by Crippen LogP contribution is 2.29. The highest BCUT2D eigenvalue weighted by molar-refractivity contribution is 6.31. The van der Waals surface area contributed by atoms with Crippen molar-refractivity contribution >= 4 is 35.0 Å². The van der Waals surface area contributed by atoms with Crippen LogP contribution in [0.2, 0.25) is 5.02 Å². The van der Waals surface area contributed by atoms with Crippen molar-refractivity contribution in [3.05, 3.63) is 58.6 Å². The van der Waals surface area contributed by atoms with Crippen molar-refractivity contribution in [2.75, 3.05) is 31.3 Å². The smallest absolute Gasteiger partial charge is 0.254 e. The molecule has 1 heterocycles. The highest BCUT2D eigenvalue weighted by atomic mass is 35.5. The van der Waals surface area contributed by atoms with E-state index >= 15 is 0 Å². The minimum absolute atomic E-state index is 0.00950. The maximum atomic E-state index is 13.6. The van der Waals surface area contributed by atoms with E-state index in [1.54, 1.807) is 34.1 Å². The summed E-state index contributed by atoms with van der Waals surface area (Å²) in [7, 11) is 0. The van der Waals surface area contributed by atoms with Gasteiger partial charge in [0.05, 0.1) is 6.61 Å². The monoisotopic (exact) mass is 525 g/mol. The van der Waals surface area contributed by atoms with E-state index in [0.29, 0.717) is 22.9 Å². The number of carbonyl (C=O) groups is 3. The summed E-state index contributed by atoms with van der Waals surface area (Å²) in [5.41, 5.74) is 2.04. The molecule has 2 aromatic carbocycles. The molecule has 198 valence electrons. The molecule has 2 fully saturated rings. The van der Waals surface area contributed by atoms with E-state index in [0.717, 1.165) is 56.3 Å². The molecule has 0 spiro atoms. The van der Waals surface area contributed by atoms with E-state index in [1.165, 1.54) is 4.90 Å². The Morgan fingerprint density at radius 3 is 2.51 bits per heavy atom. The molecule has 0 atom stereocenters. The summed E-state index contributed by atoms with van der Waals surface area (Å²) in [4.78, 5) is 44.7. The Bertz CT molecular complexity index is 1110. The zero-order valence-corrected chi connectivity index (χ0v) is 22.5. The van der Waals surface area contributed by atoms with Gasteiger partial charge in [0, 0.05) is 22.3 Å². The van der Waals surface area contributed by atoms with Gasteiger partial charge >= 0.3 is 0 Å². The Kier molecular flexibility index (Phi) is 9.09. The topological polar surface area (TPSA) is 70.2 Å². The molecule has 0 N–H and O–H groups in total. The Balaban J connectivity index is 1.47. The van der Waals surface area contributed by atoms with Gasteiger partial charge < -0.3 is 14.5 Å². The van der Waals surface area contributed by atoms with Crippen LogP contribution in [0, 0.1) is 6.92 Å². The zero-order valence-electron chi connectivity index (χ0n) is 21.7. The molecule has 1 aliphatic carbocycles. The molecule has 0 unspecified atom stereocenters. The number of unbranched alkanes of at least 4 members (excludes halogenated alkanes) is 1. The summed E-state index contributed by atoms with van der Waals surface area (Å²) in [6.45, 7) is 4.70. The lowest BCUT2D eigenvalue weighted by Gasteiger charge is -2.35. The largest absolute Gasteiger partial charge is 0.494 e. The maximum Gasteiger partial charge on any atom is 0.254 e. The molecule has 1 aliphatic heterocycles. The molecule has 2 aromatic rings. The Hall–Kier alpha value is -3.06. The molecule has 0 radical (unpaired) electrons. The van der Waals surface area contributed by atoms with Crippen molar-refractivity contribution < 1.29 is 19.1 Å². The fourth-order valence-corrected chi connectivity index (χ4v) is 5.18. The van der Waals surface area contributed by atoms with Crippen LogP contribution >= 0.6 is 11.6 Å². The van der Waals surface area contributed by atoms with Crippen LogP contribution in [0.15, 0.2) is 42.5 Å². The number of rotatable bonds is 9. The number of ether oxygens (including phenoxy) is 1. The third-order valence-corrected chi connectivity index (χ3v) is 7.68. The summed E-state index contributed by atoms with van der Waals surface area (Å²) >= 11 is 6.26. The summed E-state index contributed by atoms with van der Waals surface area (Å²) < 4.78 is 5.73. The van der Waals surface area contributed by atoms with Gasteiger partial charge in [0.25, 0.3) is 5.91 Å². The maximum absolute atomic E-state index is 13.6. The molecule has 8 heteroatoms. The summed E-state index contributed by atoms with van der Waals surface area (Å²) in [6, 6.07) is 12.6. The first-order chi connectivity index (χ1) is 17.9. The van der Waals surface area contributed by atoms with Gasteiger partial charge in [-0.05, 0) is 68.1 Å². The van der Waals surface area contributed by atoms with Crippen LogP contribution in [0.3, 0.4) is 0 Å². The third kappa shape index (κ3) is 6.45. The second-order valence-electron chi connectivity index (χ2n) is 9.89. The van der Waals surface area contributed by atoms with Crippen molar-refractivity contribution in [1.29, 1.82) is 0 Å². The molecular formula is C29H36ClN3O4. The minimum Gasteiger partial charge on any atom is -0.494 e. The number of benzene rings is 2. The van der Waals surface area contributed by atoms with Gasteiger partial charge in [0.2, 0.25) is 11.8 Å². The minimum atomic E-state index is -0.228. The second kappa shape index (κ2) is 12.5. The summed E-state index contributed by atoms with van der Waals surface area (Å²) in [5, 5.41) is 0.575. The number of hydrogen-bond donors (Lipinski definition) is 0. The van der Waals surface area contributed by atoms with E-state index in [9.17, 15) is 14.4 Å². The standard InChI is InChI=1S/C29H36ClN3O4/c1-3-4-17-37-24-15-13-22(14-16-24)29(36)32(23-9-6-5-7-10-23)19-27(34)31-18-28(35)33(20-31)26-12-8-11-25(30)21(26)2/h8,11-16,23H,3-7,9-10,17-20H2,1-2H3. The predicted octanol–water partition coefficient (Wildman–Crippen LogP) is 5.44. The lowest BCUT2D eigenvalue weighted by atomic mass is 9.93. The van der Waals surface area contributed by atoms with Crippen LogP contribution in [-0.4, -0.2) is 59.9 Å². The first-order valence-corrected chi connectivity index (χ1v) is 13.6. The quantitative estimate of drug-likeness (QED) is 0.409. The molecule has 0 aromatic heterocycles. The van der Waals surface area contributed by atoms with E-state index in [1.807, 2.05) is 25.1 Å². The van der Waals surface area contributed by atoms with Gasteiger partial charge in [-0.3, -0.25) is 19.3 Å². The number of halogens is 1. The molecule has 1 saturated heterocycles. The molecule has 2 aliphatic rings. The molecule has 4 rings (SSSR count). The number of nitrogens with zero attached hydrogens (tertiary/aromatic N) is 3. The summed E-state index contributed by atoms with van der Waals surface area (Å²) in [5.74, 6) is 0.188. The van der Waals surface area contributed by atoms with Crippen LogP contribution < -0.4 is 9.64 Å². The van der Waals surface area contributed by atoms with Gasteiger partial charge in [-0.25, -0.2) is 0 Å². The van der Waals surface area contributed by atoms with Gasteiger partial charge in [-0.2, -0.15) is 0 Å². The first kappa shape index (κ1) is 27.0. The average Bonchev–Trinajstić information content (AvgIpc) is 3.31. The van der Waals surface area contributed by atoms with E-state index in [-0.39, 0.29) is 43.5 Å².